The Bertz CT molecular complexity index is 577. The van der Waals surface area contributed by atoms with Crippen molar-refractivity contribution in [3.05, 3.63) is 52.9 Å². The number of fused-ring (bicyclic) bond motifs is 1. The Kier molecular flexibility index (Phi) is 3.34. The van der Waals surface area contributed by atoms with Crippen molar-refractivity contribution in [2.24, 2.45) is 11.7 Å². The van der Waals surface area contributed by atoms with Gasteiger partial charge in [-0.1, -0.05) is 12.1 Å². The molecule has 0 fully saturated rings. The van der Waals surface area contributed by atoms with Gasteiger partial charge in [-0.2, -0.15) is 0 Å². The van der Waals surface area contributed by atoms with Crippen LogP contribution in [0.4, 0.5) is 4.39 Å². The second-order valence-corrected chi connectivity index (χ2v) is 5.26. The first-order valence-corrected chi connectivity index (χ1v) is 6.75. The average Bonchev–Trinajstić information content (AvgIpc) is 2.79. The SMILES string of the molecule is NCC1CCc2nc(Cc3cccc(F)c3)[nH]c2C1. The normalized spacial score (nSPS) is 18.3. The molecule has 0 bridgehead atoms. The van der Waals surface area contributed by atoms with Crippen LogP contribution >= 0.6 is 0 Å². The first kappa shape index (κ1) is 12.4. The van der Waals surface area contributed by atoms with Crippen molar-refractivity contribution >= 4 is 0 Å². The van der Waals surface area contributed by atoms with Crippen LogP contribution in [0.1, 0.15) is 29.2 Å². The number of hydrogen-bond acceptors (Lipinski definition) is 2. The molecule has 1 aliphatic carbocycles. The summed E-state index contributed by atoms with van der Waals surface area (Å²) in [6, 6.07) is 6.68. The number of nitrogens with one attached hydrogen (secondary N) is 1. The van der Waals surface area contributed by atoms with Gasteiger partial charge in [-0.3, -0.25) is 0 Å². The second kappa shape index (κ2) is 5.13. The van der Waals surface area contributed by atoms with Crippen molar-refractivity contribution in [2.45, 2.75) is 25.7 Å². The summed E-state index contributed by atoms with van der Waals surface area (Å²) in [6.45, 7) is 0.734. The van der Waals surface area contributed by atoms with Crippen molar-refractivity contribution in [1.29, 1.82) is 0 Å². The van der Waals surface area contributed by atoms with Gasteiger partial charge >= 0.3 is 0 Å². The molecular weight excluding hydrogens is 241 g/mol. The summed E-state index contributed by atoms with van der Waals surface area (Å²) in [6.07, 6.45) is 3.75. The summed E-state index contributed by atoms with van der Waals surface area (Å²) in [5.74, 6) is 1.29. The molecule has 0 saturated heterocycles. The monoisotopic (exact) mass is 259 g/mol. The second-order valence-electron chi connectivity index (χ2n) is 5.26. The minimum atomic E-state index is -0.197. The lowest BCUT2D eigenvalue weighted by atomic mass is 9.90. The Hall–Kier alpha value is -1.68. The maximum Gasteiger partial charge on any atom is 0.123 e. The lowest BCUT2D eigenvalue weighted by Crippen LogP contribution is -2.22. The van der Waals surface area contributed by atoms with E-state index in [2.05, 4.69) is 9.97 Å². The van der Waals surface area contributed by atoms with Crippen LogP contribution < -0.4 is 5.73 Å². The van der Waals surface area contributed by atoms with E-state index in [1.807, 2.05) is 6.07 Å². The maximum atomic E-state index is 13.1. The van der Waals surface area contributed by atoms with E-state index in [0.717, 1.165) is 42.9 Å². The average molecular weight is 259 g/mol. The van der Waals surface area contributed by atoms with Crippen LogP contribution in [0.2, 0.25) is 0 Å². The molecule has 0 amide bonds. The highest BCUT2D eigenvalue weighted by molar-refractivity contribution is 5.24. The zero-order valence-electron chi connectivity index (χ0n) is 10.8. The summed E-state index contributed by atoms with van der Waals surface area (Å²) in [4.78, 5) is 8.00. The van der Waals surface area contributed by atoms with Crippen molar-refractivity contribution < 1.29 is 4.39 Å². The van der Waals surface area contributed by atoms with Crippen LogP contribution in [0.15, 0.2) is 24.3 Å². The van der Waals surface area contributed by atoms with E-state index in [-0.39, 0.29) is 5.82 Å². The van der Waals surface area contributed by atoms with E-state index in [1.54, 1.807) is 12.1 Å². The molecule has 1 heterocycles. The van der Waals surface area contributed by atoms with Gasteiger partial charge in [0, 0.05) is 12.1 Å². The van der Waals surface area contributed by atoms with E-state index in [1.165, 1.54) is 11.8 Å². The quantitative estimate of drug-likeness (QED) is 0.888. The smallest absolute Gasteiger partial charge is 0.123 e. The van der Waals surface area contributed by atoms with Gasteiger partial charge in [-0.05, 0) is 49.4 Å². The molecule has 0 aliphatic heterocycles. The number of aromatic nitrogens is 2. The molecule has 0 radical (unpaired) electrons. The van der Waals surface area contributed by atoms with Crippen LogP contribution in [0.25, 0.3) is 0 Å². The zero-order chi connectivity index (χ0) is 13.2. The fraction of sp³-hybridized carbons (Fsp3) is 0.400. The van der Waals surface area contributed by atoms with E-state index >= 15 is 0 Å². The van der Waals surface area contributed by atoms with Crippen LogP contribution in [0.3, 0.4) is 0 Å². The van der Waals surface area contributed by atoms with E-state index in [9.17, 15) is 4.39 Å². The molecule has 1 unspecified atom stereocenters. The lowest BCUT2D eigenvalue weighted by Gasteiger charge is -2.18. The number of H-pyrrole nitrogens is 1. The Morgan fingerprint density at radius 3 is 3.11 bits per heavy atom. The van der Waals surface area contributed by atoms with Gasteiger partial charge in [-0.15, -0.1) is 0 Å². The minimum Gasteiger partial charge on any atom is -0.345 e. The zero-order valence-corrected chi connectivity index (χ0v) is 10.8. The summed E-state index contributed by atoms with van der Waals surface area (Å²) in [5.41, 5.74) is 9.06. The first-order valence-electron chi connectivity index (χ1n) is 6.75. The minimum absolute atomic E-state index is 0.197. The predicted octanol–water partition coefficient (Wildman–Crippen LogP) is 2.20. The number of rotatable bonds is 3. The molecule has 4 heteroatoms. The van der Waals surface area contributed by atoms with Gasteiger partial charge in [0.1, 0.15) is 11.6 Å². The van der Waals surface area contributed by atoms with Crippen molar-refractivity contribution in [3.63, 3.8) is 0 Å². The third kappa shape index (κ3) is 2.68. The van der Waals surface area contributed by atoms with E-state index < -0.39 is 0 Å². The van der Waals surface area contributed by atoms with Gasteiger partial charge in [-0.25, -0.2) is 9.37 Å². The number of benzene rings is 1. The fourth-order valence-corrected chi connectivity index (χ4v) is 2.74. The summed E-state index contributed by atoms with van der Waals surface area (Å²) < 4.78 is 13.1. The highest BCUT2D eigenvalue weighted by Gasteiger charge is 2.21. The Balaban J connectivity index is 1.78. The van der Waals surface area contributed by atoms with Crippen LogP contribution in [0, 0.1) is 11.7 Å². The van der Waals surface area contributed by atoms with Crippen molar-refractivity contribution in [2.75, 3.05) is 6.54 Å². The first-order chi connectivity index (χ1) is 9.24. The molecular formula is C15H18FN3. The maximum absolute atomic E-state index is 13.1. The lowest BCUT2D eigenvalue weighted by molar-refractivity contribution is 0.461. The molecule has 1 atom stereocenters. The van der Waals surface area contributed by atoms with Crippen molar-refractivity contribution in [3.8, 4) is 0 Å². The van der Waals surface area contributed by atoms with Crippen molar-refractivity contribution in [1.82, 2.24) is 9.97 Å². The number of aryl methyl sites for hydroxylation is 1. The van der Waals surface area contributed by atoms with Crippen LogP contribution in [0.5, 0.6) is 0 Å². The van der Waals surface area contributed by atoms with Crippen LogP contribution in [-0.2, 0) is 19.3 Å². The molecule has 1 aromatic carbocycles. The summed E-state index contributed by atoms with van der Waals surface area (Å²) in [7, 11) is 0. The largest absolute Gasteiger partial charge is 0.345 e. The Morgan fingerprint density at radius 1 is 1.42 bits per heavy atom. The number of aromatic amines is 1. The highest BCUT2D eigenvalue weighted by atomic mass is 19.1. The third-order valence-electron chi connectivity index (χ3n) is 3.79. The number of nitrogens with two attached hydrogens (primary N) is 1. The Morgan fingerprint density at radius 2 is 2.32 bits per heavy atom. The molecule has 0 saturated carbocycles. The number of nitrogens with zero attached hydrogens (tertiary/aromatic N) is 1. The molecule has 3 rings (SSSR count). The number of imidazole rings is 1. The Labute approximate surface area is 112 Å². The van der Waals surface area contributed by atoms with E-state index in [0.29, 0.717) is 12.3 Å². The van der Waals surface area contributed by atoms with Gasteiger partial charge < -0.3 is 10.7 Å². The number of halogens is 1. The molecule has 3 N–H and O–H groups in total. The highest BCUT2D eigenvalue weighted by Crippen LogP contribution is 2.23. The fourth-order valence-electron chi connectivity index (χ4n) is 2.74. The molecule has 2 aromatic rings. The van der Waals surface area contributed by atoms with Gasteiger partial charge in [0.2, 0.25) is 0 Å². The number of hydrogen-bond donors (Lipinski definition) is 2. The molecule has 1 aromatic heterocycles. The summed E-state index contributed by atoms with van der Waals surface area (Å²) in [5, 5.41) is 0. The topological polar surface area (TPSA) is 54.7 Å². The third-order valence-corrected chi connectivity index (χ3v) is 3.79. The molecule has 100 valence electrons. The van der Waals surface area contributed by atoms with Gasteiger partial charge in [0.25, 0.3) is 0 Å². The molecule has 19 heavy (non-hydrogen) atoms. The standard InChI is InChI=1S/C15H18FN3/c16-12-3-1-2-10(6-12)8-15-18-13-5-4-11(9-17)7-14(13)19-15/h1-3,6,11H,4-5,7-9,17H2,(H,18,19). The van der Waals surface area contributed by atoms with Crippen LogP contribution in [-0.4, -0.2) is 16.5 Å². The van der Waals surface area contributed by atoms with Gasteiger partial charge in [0.05, 0.1) is 5.69 Å². The molecule has 1 aliphatic rings. The predicted molar refractivity (Wildman–Crippen MR) is 72.4 cm³/mol. The summed E-state index contributed by atoms with van der Waals surface area (Å²) >= 11 is 0. The van der Waals surface area contributed by atoms with Gasteiger partial charge in [0.15, 0.2) is 0 Å². The molecule has 0 spiro atoms. The molecule has 3 nitrogen and oxygen atoms in total. The van der Waals surface area contributed by atoms with E-state index in [4.69, 9.17) is 5.73 Å².